The number of carbonyl (C=O) groups excluding carboxylic acids is 1. The Balaban J connectivity index is 0.00000261. The average molecular weight is 410 g/mol. The fraction of sp³-hybridized carbons (Fsp3) is 0.316. The highest BCUT2D eigenvalue weighted by Gasteiger charge is 2.25. The van der Waals surface area contributed by atoms with Gasteiger partial charge in [-0.1, -0.05) is 30.7 Å². The molecule has 1 amide bonds. The Morgan fingerprint density at radius 3 is 2.26 bits per heavy atom. The van der Waals surface area contributed by atoms with Gasteiger partial charge in [0.05, 0.1) is 22.7 Å². The molecule has 1 aliphatic rings. The van der Waals surface area contributed by atoms with Crippen molar-refractivity contribution in [1.82, 2.24) is 4.31 Å². The Kier molecular flexibility index (Phi) is 7.24. The number of nitrogens with two attached hydrogens (primary N) is 1. The number of amides is 1. The van der Waals surface area contributed by atoms with Crippen LogP contribution in [0.25, 0.3) is 0 Å². The number of hydrogen-bond donors (Lipinski definition) is 2. The van der Waals surface area contributed by atoms with E-state index in [0.29, 0.717) is 24.5 Å². The number of nitrogens with zero attached hydrogens (tertiary/aromatic N) is 1. The second kappa shape index (κ2) is 9.21. The van der Waals surface area contributed by atoms with E-state index in [0.717, 1.165) is 24.8 Å². The highest BCUT2D eigenvalue weighted by molar-refractivity contribution is 7.89. The van der Waals surface area contributed by atoms with E-state index in [-0.39, 0.29) is 29.6 Å². The smallest absolute Gasteiger partial charge is 0.243 e. The van der Waals surface area contributed by atoms with Gasteiger partial charge in [-0.2, -0.15) is 4.31 Å². The van der Waals surface area contributed by atoms with Crippen LogP contribution < -0.4 is 11.1 Å². The van der Waals surface area contributed by atoms with E-state index < -0.39 is 10.0 Å². The molecular formula is C19H24ClN3O3S. The molecule has 1 fully saturated rings. The lowest BCUT2D eigenvalue weighted by molar-refractivity contribution is -0.115. The second-order valence-electron chi connectivity index (χ2n) is 6.42. The molecule has 146 valence electrons. The first-order valence-corrected chi connectivity index (χ1v) is 10.1. The Labute approximate surface area is 166 Å². The highest BCUT2D eigenvalue weighted by Crippen LogP contribution is 2.21. The quantitative estimate of drug-likeness (QED) is 0.742. The van der Waals surface area contributed by atoms with Crippen LogP contribution in [0.1, 0.15) is 24.8 Å². The van der Waals surface area contributed by atoms with E-state index in [4.69, 9.17) is 5.73 Å². The average Bonchev–Trinajstić information content (AvgIpc) is 2.65. The Hall–Kier alpha value is -2.09. The van der Waals surface area contributed by atoms with Gasteiger partial charge >= 0.3 is 0 Å². The molecule has 2 aromatic carbocycles. The molecule has 0 bridgehead atoms. The molecule has 0 saturated carbocycles. The molecule has 1 heterocycles. The predicted octanol–water partition coefficient (Wildman–Crippen LogP) is 3.05. The van der Waals surface area contributed by atoms with Gasteiger partial charge in [0, 0.05) is 13.1 Å². The van der Waals surface area contributed by atoms with Crippen molar-refractivity contribution in [2.24, 2.45) is 0 Å². The zero-order valence-electron chi connectivity index (χ0n) is 14.9. The molecule has 3 N–H and O–H groups in total. The number of anilines is 2. The minimum absolute atomic E-state index is 0. The van der Waals surface area contributed by atoms with Crippen molar-refractivity contribution < 1.29 is 13.2 Å². The molecular weight excluding hydrogens is 386 g/mol. The van der Waals surface area contributed by atoms with Crippen LogP contribution in [0.5, 0.6) is 0 Å². The number of rotatable bonds is 5. The molecule has 0 spiro atoms. The summed E-state index contributed by atoms with van der Waals surface area (Å²) in [6.45, 7) is 1.15. The zero-order chi connectivity index (χ0) is 18.6. The van der Waals surface area contributed by atoms with Crippen molar-refractivity contribution >= 4 is 39.7 Å². The van der Waals surface area contributed by atoms with Crippen LogP contribution in [0.2, 0.25) is 0 Å². The minimum atomic E-state index is -3.45. The van der Waals surface area contributed by atoms with Gasteiger partial charge in [-0.15, -0.1) is 12.4 Å². The molecule has 0 unspecified atom stereocenters. The third-order valence-electron chi connectivity index (χ3n) is 4.48. The van der Waals surface area contributed by atoms with Crippen molar-refractivity contribution in [3.05, 3.63) is 54.1 Å². The van der Waals surface area contributed by atoms with Crippen molar-refractivity contribution in [2.75, 3.05) is 24.1 Å². The van der Waals surface area contributed by atoms with Crippen LogP contribution in [0.4, 0.5) is 11.4 Å². The normalized spacial score (nSPS) is 15.0. The number of sulfonamides is 1. The van der Waals surface area contributed by atoms with Crippen LogP contribution in [-0.2, 0) is 21.2 Å². The largest absolute Gasteiger partial charge is 0.397 e. The monoisotopic (exact) mass is 409 g/mol. The van der Waals surface area contributed by atoms with Crippen molar-refractivity contribution in [3.63, 3.8) is 0 Å². The Morgan fingerprint density at radius 2 is 1.63 bits per heavy atom. The molecule has 1 aliphatic heterocycles. The molecule has 0 atom stereocenters. The summed E-state index contributed by atoms with van der Waals surface area (Å²) >= 11 is 0. The molecule has 6 nitrogen and oxygen atoms in total. The number of halogens is 1. The third-order valence-corrected chi connectivity index (χ3v) is 6.39. The molecule has 0 radical (unpaired) electrons. The van der Waals surface area contributed by atoms with Crippen molar-refractivity contribution in [3.8, 4) is 0 Å². The van der Waals surface area contributed by atoms with Gasteiger partial charge in [0.2, 0.25) is 15.9 Å². The lowest BCUT2D eigenvalue weighted by Crippen LogP contribution is -2.35. The molecule has 2 aromatic rings. The summed E-state index contributed by atoms with van der Waals surface area (Å²) in [6.07, 6.45) is 3.03. The Bertz CT molecular complexity index is 879. The number of nitrogens with one attached hydrogen (secondary N) is 1. The van der Waals surface area contributed by atoms with E-state index in [9.17, 15) is 13.2 Å². The molecule has 1 saturated heterocycles. The van der Waals surface area contributed by atoms with Gasteiger partial charge in [-0.05, 0) is 42.7 Å². The van der Waals surface area contributed by atoms with Crippen molar-refractivity contribution in [2.45, 2.75) is 30.6 Å². The number of nitrogen functional groups attached to an aromatic ring is 1. The van der Waals surface area contributed by atoms with E-state index >= 15 is 0 Å². The summed E-state index contributed by atoms with van der Waals surface area (Å²) < 4.78 is 26.8. The van der Waals surface area contributed by atoms with Gasteiger partial charge in [0.15, 0.2) is 0 Å². The van der Waals surface area contributed by atoms with Crippen LogP contribution in [-0.4, -0.2) is 31.7 Å². The van der Waals surface area contributed by atoms with Crippen molar-refractivity contribution in [1.29, 1.82) is 0 Å². The summed E-state index contributed by atoms with van der Waals surface area (Å²) in [5.41, 5.74) is 7.63. The topological polar surface area (TPSA) is 92.5 Å². The molecule has 0 aliphatic carbocycles. The summed E-state index contributed by atoms with van der Waals surface area (Å²) in [6, 6.07) is 13.6. The van der Waals surface area contributed by atoms with E-state index in [1.807, 2.05) is 0 Å². The van der Waals surface area contributed by atoms with Gasteiger partial charge in [0.1, 0.15) is 0 Å². The second-order valence-corrected chi connectivity index (χ2v) is 8.36. The fourth-order valence-electron chi connectivity index (χ4n) is 3.02. The van der Waals surface area contributed by atoms with Crippen LogP contribution in [0.15, 0.2) is 53.4 Å². The van der Waals surface area contributed by atoms with Crippen LogP contribution >= 0.6 is 12.4 Å². The number of piperidine rings is 1. The number of carbonyl (C=O) groups is 1. The van der Waals surface area contributed by atoms with Gasteiger partial charge < -0.3 is 11.1 Å². The first-order valence-electron chi connectivity index (χ1n) is 8.70. The molecule has 8 heteroatoms. The summed E-state index contributed by atoms with van der Waals surface area (Å²) in [4.78, 5) is 12.4. The number of hydrogen-bond acceptors (Lipinski definition) is 4. The molecule has 0 aromatic heterocycles. The zero-order valence-corrected chi connectivity index (χ0v) is 16.6. The SMILES string of the molecule is Cl.Nc1ccccc1NC(=O)Cc1ccc(S(=O)(=O)N2CCCCC2)cc1. The first kappa shape index (κ1) is 21.2. The Morgan fingerprint density at radius 1 is 1.00 bits per heavy atom. The molecule has 3 rings (SSSR count). The van der Waals surface area contributed by atoms with E-state index in [1.165, 1.54) is 4.31 Å². The summed E-state index contributed by atoms with van der Waals surface area (Å²) in [5, 5.41) is 2.76. The standard InChI is InChI=1S/C19H23N3O3S.ClH/c20-17-6-2-3-7-18(17)21-19(23)14-15-8-10-16(11-9-15)26(24,25)22-12-4-1-5-13-22;/h2-3,6-11H,1,4-5,12-14,20H2,(H,21,23);1H. The van der Waals surface area contributed by atoms with Gasteiger partial charge in [-0.3, -0.25) is 4.79 Å². The minimum Gasteiger partial charge on any atom is -0.397 e. The lowest BCUT2D eigenvalue weighted by Gasteiger charge is -2.25. The van der Waals surface area contributed by atoms with Gasteiger partial charge in [-0.25, -0.2) is 8.42 Å². The maximum absolute atomic E-state index is 12.6. The maximum Gasteiger partial charge on any atom is 0.243 e. The maximum atomic E-state index is 12.6. The number of para-hydroxylation sites is 2. The highest BCUT2D eigenvalue weighted by atomic mass is 35.5. The molecule has 27 heavy (non-hydrogen) atoms. The third kappa shape index (κ3) is 5.22. The summed E-state index contributed by atoms with van der Waals surface area (Å²) in [5.74, 6) is -0.200. The number of benzene rings is 2. The van der Waals surface area contributed by atoms with E-state index in [1.54, 1.807) is 48.5 Å². The fourth-order valence-corrected chi connectivity index (χ4v) is 4.54. The summed E-state index contributed by atoms with van der Waals surface area (Å²) in [7, 11) is -3.45. The van der Waals surface area contributed by atoms with Crippen LogP contribution in [0.3, 0.4) is 0 Å². The first-order chi connectivity index (χ1) is 12.5. The van der Waals surface area contributed by atoms with Gasteiger partial charge in [0.25, 0.3) is 0 Å². The van der Waals surface area contributed by atoms with Crippen LogP contribution in [0, 0.1) is 0 Å². The predicted molar refractivity (Wildman–Crippen MR) is 109 cm³/mol. The van der Waals surface area contributed by atoms with E-state index in [2.05, 4.69) is 5.32 Å². The lowest BCUT2D eigenvalue weighted by atomic mass is 10.1.